The Morgan fingerprint density at radius 3 is 2.29 bits per heavy atom. The van der Waals surface area contributed by atoms with E-state index in [2.05, 4.69) is 16.0 Å². The van der Waals surface area contributed by atoms with Crippen molar-refractivity contribution in [2.45, 2.75) is 23.5 Å². The maximum atomic E-state index is 13.4. The number of carbonyl (C=O) groups is 3. The summed E-state index contributed by atoms with van der Waals surface area (Å²) in [6.07, 6.45) is 1.99. The van der Waals surface area contributed by atoms with Gasteiger partial charge in [0, 0.05) is 21.8 Å². The molecule has 0 aromatic heterocycles. The first kappa shape index (κ1) is 30.8. The Labute approximate surface area is 257 Å². The van der Waals surface area contributed by atoms with Gasteiger partial charge in [0.05, 0.1) is 15.3 Å². The summed E-state index contributed by atoms with van der Waals surface area (Å²) < 4.78 is 13.2. The molecule has 3 N–H and O–H groups in total. The number of nitrogens with one attached hydrogen (secondary N) is 3. The predicted octanol–water partition coefficient (Wildman–Crippen LogP) is 8.05. The number of carbonyl (C=O) groups excluding carboxylic acids is 3. The van der Waals surface area contributed by atoms with Crippen LogP contribution in [0.3, 0.4) is 0 Å². The summed E-state index contributed by atoms with van der Waals surface area (Å²) in [5.74, 6) is -1.67. The van der Waals surface area contributed by atoms with Crippen molar-refractivity contribution in [3.63, 3.8) is 0 Å². The fourth-order valence-electron chi connectivity index (χ4n) is 3.82. The van der Waals surface area contributed by atoms with E-state index in [0.29, 0.717) is 33.9 Å². The highest BCUT2D eigenvalue weighted by atomic mass is 35.5. The first-order chi connectivity index (χ1) is 20.2. The molecule has 0 aliphatic heterocycles. The van der Waals surface area contributed by atoms with Crippen molar-refractivity contribution >= 4 is 70.1 Å². The number of anilines is 2. The monoisotopic (exact) mass is 621 g/mol. The van der Waals surface area contributed by atoms with E-state index >= 15 is 0 Å². The van der Waals surface area contributed by atoms with Gasteiger partial charge in [-0.2, -0.15) is 0 Å². The smallest absolute Gasteiger partial charge is 0.272 e. The quantitative estimate of drug-likeness (QED) is 0.123. The van der Waals surface area contributed by atoms with E-state index in [0.717, 1.165) is 4.90 Å². The average Bonchev–Trinajstić information content (AvgIpc) is 2.99. The third-order valence-corrected chi connectivity index (χ3v) is 8.15. The Balaban J connectivity index is 1.52. The van der Waals surface area contributed by atoms with Crippen LogP contribution in [0.2, 0.25) is 10.0 Å². The molecule has 0 bridgehead atoms. The summed E-state index contributed by atoms with van der Waals surface area (Å²) in [5.41, 5.74) is 1.73. The molecule has 0 fully saturated rings. The highest BCUT2D eigenvalue weighted by molar-refractivity contribution is 8.00. The maximum Gasteiger partial charge on any atom is 0.272 e. The molecular formula is C32H26Cl2FN3O3S. The number of amides is 3. The predicted molar refractivity (Wildman–Crippen MR) is 168 cm³/mol. The highest BCUT2D eigenvalue weighted by Gasteiger charge is 2.20. The molecule has 0 aliphatic carbocycles. The van der Waals surface area contributed by atoms with Crippen molar-refractivity contribution < 1.29 is 18.8 Å². The van der Waals surface area contributed by atoms with Gasteiger partial charge in [-0.15, -0.1) is 11.8 Å². The van der Waals surface area contributed by atoms with Crippen molar-refractivity contribution in [3.05, 3.63) is 130 Å². The standard InChI is InChI=1S/C32H26Cl2FN3O3S/c1-2-28(32(41)36-23-16-14-22(35)15-17-23)42-25-12-7-11-24(19-25)37-31(40)27(18-21-10-6-13-26(33)29(21)34)38-30(39)20-8-4-3-5-9-20/h3-19,28H,2H2,1H3,(H,36,41)(H,37,40)(H,38,39)/b27-18+. The lowest BCUT2D eigenvalue weighted by molar-refractivity contribution is -0.116. The third kappa shape index (κ3) is 8.45. The van der Waals surface area contributed by atoms with E-state index in [1.807, 2.05) is 13.0 Å². The molecule has 0 radical (unpaired) electrons. The minimum atomic E-state index is -0.585. The van der Waals surface area contributed by atoms with Crippen molar-refractivity contribution in [3.8, 4) is 0 Å². The van der Waals surface area contributed by atoms with Crippen LogP contribution in [0.25, 0.3) is 6.08 Å². The van der Waals surface area contributed by atoms with Crippen LogP contribution in [0.4, 0.5) is 15.8 Å². The van der Waals surface area contributed by atoms with Crippen molar-refractivity contribution in [2.24, 2.45) is 0 Å². The van der Waals surface area contributed by atoms with Crippen LogP contribution in [-0.4, -0.2) is 23.0 Å². The molecule has 4 aromatic carbocycles. The van der Waals surface area contributed by atoms with E-state index in [1.54, 1.807) is 66.7 Å². The van der Waals surface area contributed by atoms with Gasteiger partial charge in [0.25, 0.3) is 11.8 Å². The van der Waals surface area contributed by atoms with Crippen molar-refractivity contribution in [1.29, 1.82) is 0 Å². The molecule has 1 atom stereocenters. The Morgan fingerprint density at radius 2 is 1.57 bits per heavy atom. The van der Waals surface area contributed by atoms with Gasteiger partial charge >= 0.3 is 0 Å². The highest BCUT2D eigenvalue weighted by Crippen LogP contribution is 2.30. The largest absolute Gasteiger partial charge is 0.325 e. The molecule has 0 spiro atoms. The van der Waals surface area contributed by atoms with Gasteiger partial charge in [0.2, 0.25) is 5.91 Å². The van der Waals surface area contributed by atoms with E-state index in [-0.39, 0.29) is 22.4 Å². The summed E-state index contributed by atoms with van der Waals surface area (Å²) in [7, 11) is 0. The third-order valence-electron chi connectivity index (χ3n) is 5.96. The number of thioether (sulfide) groups is 1. The van der Waals surface area contributed by atoms with Gasteiger partial charge in [-0.3, -0.25) is 14.4 Å². The topological polar surface area (TPSA) is 87.3 Å². The molecule has 1 unspecified atom stereocenters. The Hall–Kier alpha value is -4.11. The zero-order valence-corrected chi connectivity index (χ0v) is 24.7. The molecule has 214 valence electrons. The number of hydrogen-bond acceptors (Lipinski definition) is 4. The molecule has 42 heavy (non-hydrogen) atoms. The first-order valence-electron chi connectivity index (χ1n) is 12.9. The molecule has 6 nitrogen and oxygen atoms in total. The Bertz CT molecular complexity index is 1620. The van der Waals surface area contributed by atoms with Gasteiger partial charge < -0.3 is 16.0 Å². The molecule has 0 aliphatic rings. The Kier molecular flexibility index (Phi) is 10.8. The molecular weight excluding hydrogens is 596 g/mol. The van der Waals surface area contributed by atoms with Crippen LogP contribution in [0.5, 0.6) is 0 Å². The second kappa shape index (κ2) is 14.7. The molecule has 10 heteroatoms. The minimum absolute atomic E-state index is 0.0452. The Morgan fingerprint density at radius 1 is 0.857 bits per heavy atom. The fraction of sp³-hybridized carbons (Fsp3) is 0.0938. The van der Waals surface area contributed by atoms with E-state index in [4.69, 9.17) is 23.2 Å². The second-order valence-electron chi connectivity index (χ2n) is 9.01. The van der Waals surface area contributed by atoms with Crippen molar-refractivity contribution in [1.82, 2.24) is 5.32 Å². The number of benzene rings is 4. The van der Waals surface area contributed by atoms with E-state index in [1.165, 1.54) is 42.1 Å². The van der Waals surface area contributed by atoms with Crippen LogP contribution < -0.4 is 16.0 Å². The van der Waals surface area contributed by atoms with Crippen LogP contribution in [0, 0.1) is 5.82 Å². The van der Waals surface area contributed by atoms with Crippen LogP contribution in [0.15, 0.2) is 108 Å². The van der Waals surface area contributed by atoms with Crippen molar-refractivity contribution in [2.75, 3.05) is 10.6 Å². The minimum Gasteiger partial charge on any atom is -0.325 e. The van der Waals surface area contributed by atoms with E-state index in [9.17, 15) is 18.8 Å². The number of hydrogen-bond donors (Lipinski definition) is 3. The van der Waals surface area contributed by atoms with Gasteiger partial charge in [-0.1, -0.05) is 66.5 Å². The zero-order chi connectivity index (χ0) is 30.1. The number of halogens is 3. The lowest BCUT2D eigenvalue weighted by Gasteiger charge is -2.16. The normalized spacial score (nSPS) is 11.9. The molecule has 3 amide bonds. The number of rotatable bonds is 10. The fourth-order valence-corrected chi connectivity index (χ4v) is 5.19. The summed E-state index contributed by atoms with van der Waals surface area (Å²) in [6, 6.07) is 26.0. The zero-order valence-electron chi connectivity index (χ0n) is 22.4. The molecule has 4 rings (SSSR count). The SMILES string of the molecule is CCC(Sc1cccc(NC(=O)/C(=C\c2cccc(Cl)c2Cl)NC(=O)c2ccccc2)c1)C(=O)Nc1ccc(F)cc1. The lowest BCUT2D eigenvalue weighted by atomic mass is 10.1. The van der Waals surface area contributed by atoms with E-state index < -0.39 is 17.1 Å². The second-order valence-corrected chi connectivity index (χ2v) is 11.1. The van der Waals surface area contributed by atoms with Gasteiger partial charge in [0.15, 0.2) is 0 Å². The van der Waals surface area contributed by atoms with Gasteiger partial charge in [0.1, 0.15) is 11.5 Å². The maximum absolute atomic E-state index is 13.4. The molecule has 4 aromatic rings. The lowest BCUT2D eigenvalue weighted by Crippen LogP contribution is -2.30. The van der Waals surface area contributed by atoms with Crippen LogP contribution in [0.1, 0.15) is 29.3 Å². The van der Waals surface area contributed by atoms with Gasteiger partial charge in [-0.05, 0) is 78.7 Å². The molecule has 0 heterocycles. The van der Waals surface area contributed by atoms with Crippen LogP contribution in [-0.2, 0) is 9.59 Å². The molecule has 0 saturated carbocycles. The summed E-state index contributed by atoms with van der Waals surface area (Å²) in [4.78, 5) is 40.0. The average molecular weight is 623 g/mol. The molecule has 0 saturated heterocycles. The summed E-state index contributed by atoms with van der Waals surface area (Å²) in [6.45, 7) is 1.89. The van der Waals surface area contributed by atoms with Crippen LogP contribution >= 0.6 is 35.0 Å². The first-order valence-corrected chi connectivity index (χ1v) is 14.5. The summed E-state index contributed by atoms with van der Waals surface area (Å²) in [5, 5.41) is 8.39. The van der Waals surface area contributed by atoms with Gasteiger partial charge in [-0.25, -0.2) is 4.39 Å². The summed E-state index contributed by atoms with van der Waals surface area (Å²) >= 11 is 13.8.